The number of phenolic OH excluding ortho intramolecular Hbond substituents is 2. The van der Waals surface area contributed by atoms with E-state index in [0.29, 0.717) is 6.42 Å². The summed E-state index contributed by atoms with van der Waals surface area (Å²) in [7, 11) is 0. The molecule has 10 heteroatoms. The summed E-state index contributed by atoms with van der Waals surface area (Å²) in [6, 6.07) is 0. The first kappa shape index (κ1) is 27.2. The summed E-state index contributed by atoms with van der Waals surface area (Å²) >= 11 is 0. The first-order valence-corrected chi connectivity index (χ1v) is 11.9. The molecule has 0 bridgehead atoms. The van der Waals surface area contributed by atoms with E-state index in [4.69, 9.17) is 14.2 Å². The first-order chi connectivity index (χ1) is 16.9. The lowest BCUT2D eigenvalue weighted by Crippen LogP contribution is -2.58. The van der Waals surface area contributed by atoms with E-state index in [1.807, 2.05) is 0 Å². The number of esters is 1. The molecule has 0 amide bonds. The van der Waals surface area contributed by atoms with E-state index in [1.165, 1.54) is 13.8 Å². The molecule has 0 aromatic heterocycles. The Morgan fingerprint density at radius 3 is 2.36 bits per heavy atom. The second kappa shape index (κ2) is 9.93. The number of aliphatic imine (C=N–C) groups is 1. The number of benzene rings is 1. The molecule has 10 nitrogen and oxygen atoms in total. The number of hydrogen-bond acceptors (Lipinski definition) is 10. The second-order valence-corrected chi connectivity index (χ2v) is 9.07. The minimum absolute atomic E-state index is 0.0340. The Bertz CT molecular complexity index is 1180. The molecule has 0 radical (unpaired) electrons. The Morgan fingerprint density at radius 2 is 1.78 bits per heavy atom. The van der Waals surface area contributed by atoms with Gasteiger partial charge in [0.15, 0.2) is 11.6 Å². The quantitative estimate of drug-likeness (QED) is 0.199. The van der Waals surface area contributed by atoms with E-state index < -0.39 is 34.3 Å². The number of ether oxygens (including phenoxy) is 3. The van der Waals surface area contributed by atoms with Gasteiger partial charge >= 0.3 is 5.97 Å². The van der Waals surface area contributed by atoms with Gasteiger partial charge in [-0.15, -0.1) is 0 Å². The van der Waals surface area contributed by atoms with Gasteiger partial charge in [0.25, 0.3) is 0 Å². The zero-order valence-electron chi connectivity index (χ0n) is 21.5. The van der Waals surface area contributed by atoms with Crippen LogP contribution in [0.5, 0.6) is 17.2 Å². The Kier molecular flexibility index (Phi) is 7.50. The lowest BCUT2D eigenvalue weighted by atomic mass is 9.66. The van der Waals surface area contributed by atoms with Crippen molar-refractivity contribution in [2.45, 2.75) is 72.0 Å². The number of Topliss-reactive ketones (excluding diaryl/α,β-unsaturated/α-hetero) is 2. The fourth-order valence-electron chi connectivity index (χ4n) is 4.98. The number of nitrogens with zero attached hydrogens (tertiary/aromatic N) is 1. The summed E-state index contributed by atoms with van der Waals surface area (Å²) in [5.74, 6) is -4.50. The third kappa shape index (κ3) is 4.03. The summed E-state index contributed by atoms with van der Waals surface area (Å²) < 4.78 is 16.9. The number of fused-ring (bicyclic) bond motifs is 3. The first-order valence-electron chi connectivity index (χ1n) is 11.9. The molecule has 1 aliphatic carbocycles. The van der Waals surface area contributed by atoms with Crippen molar-refractivity contribution in [3.63, 3.8) is 0 Å². The highest BCUT2D eigenvalue weighted by atomic mass is 16.7. The largest absolute Gasteiger partial charge is 0.510 e. The number of hydrogen-bond donors (Lipinski definition) is 3. The van der Waals surface area contributed by atoms with Gasteiger partial charge in [-0.1, -0.05) is 0 Å². The van der Waals surface area contributed by atoms with Gasteiger partial charge in [-0.25, -0.2) is 0 Å². The third-order valence-electron chi connectivity index (χ3n) is 6.83. The summed E-state index contributed by atoms with van der Waals surface area (Å²) in [5, 5.41) is 33.3. The molecule has 3 rings (SSSR count). The van der Waals surface area contributed by atoms with Gasteiger partial charge in [0.1, 0.15) is 34.0 Å². The van der Waals surface area contributed by atoms with Crippen LogP contribution in [0, 0.1) is 6.92 Å². The minimum atomic E-state index is -1.76. The third-order valence-corrected chi connectivity index (χ3v) is 6.83. The van der Waals surface area contributed by atoms with Gasteiger partial charge < -0.3 is 29.5 Å². The van der Waals surface area contributed by atoms with Crippen molar-refractivity contribution in [2.75, 3.05) is 19.8 Å². The number of aromatic hydroxyl groups is 2. The molecular weight excluding hydrogens is 470 g/mol. The number of carbonyl (C=O) groups is 3. The van der Waals surface area contributed by atoms with Crippen molar-refractivity contribution in [3.05, 3.63) is 28.0 Å². The van der Waals surface area contributed by atoms with E-state index >= 15 is 0 Å². The molecule has 1 aromatic carbocycles. The van der Waals surface area contributed by atoms with Crippen LogP contribution in [0.2, 0.25) is 0 Å². The van der Waals surface area contributed by atoms with Crippen LogP contribution in [0.3, 0.4) is 0 Å². The van der Waals surface area contributed by atoms with Crippen LogP contribution >= 0.6 is 0 Å². The molecule has 0 saturated heterocycles. The van der Waals surface area contributed by atoms with Gasteiger partial charge in [0.2, 0.25) is 5.79 Å². The SMILES string of the molecule is CCOC(=O)CCCN=C(C)C1=C(O)[C@]2(C)c3c(O)c(C)c(O)c(C(C)=O)c3O[C@]2(OCC)CC1=O. The molecule has 0 saturated carbocycles. The topological polar surface area (TPSA) is 152 Å². The summed E-state index contributed by atoms with van der Waals surface area (Å²) in [6.07, 6.45) is 0.226. The molecule has 0 spiro atoms. The van der Waals surface area contributed by atoms with Crippen LogP contribution in [-0.4, -0.2) is 64.1 Å². The average Bonchev–Trinajstić information content (AvgIpc) is 3.04. The maximum Gasteiger partial charge on any atom is 0.305 e. The normalized spacial score (nSPS) is 23.3. The Labute approximate surface area is 209 Å². The highest BCUT2D eigenvalue weighted by Crippen LogP contribution is 2.63. The number of aliphatic hydroxyl groups excluding tert-OH is 1. The number of aliphatic hydroxyl groups is 1. The molecule has 0 unspecified atom stereocenters. The van der Waals surface area contributed by atoms with E-state index in [1.54, 1.807) is 27.7 Å². The van der Waals surface area contributed by atoms with Gasteiger partial charge in [-0.05, 0) is 48.0 Å². The number of phenols is 2. The van der Waals surface area contributed by atoms with Crippen molar-refractivity contribution in [1.82, 2.24) is 0 Å². The van der Waals surface area contributed by atoms with Crippen LogP contribution in [0.4, 0.5) is 0 Å². The van der Waals surface area contributed by atoms with E-state index in [2.05, 4.69) is 4.99 Å². The zero-order valence-corrected chi connectivity index (χ0v) is 21.5. The van der Waals surface area contributed by atoms with E-state index in [-0.39, 0.29) is 78.0 Å². The van der Waals surface area contributed by atoms with Crippen molar-refractivity contribution in [2.24, 2.45) is 4.99 Å². The predicted octanol–water partition coefficient (Wildman–Crippen LogP) is 3.58. The highest BCUT2D eigenvalue weighted by molar-refractivity contribution is 6.23. The number of rotatable bonds is 9. The van der Waals surface area contributed by atoms with E-state index in [0.717, 1.165) is 0 Å². The maximum absolute atomic E-state index is 13.3. The van der Waals surface area contributed by atoms with Crippen molar-refractivity contribution in [1.29, 1.82) is 0 Å². The summed E-state index contributed by atoms with van der Waals surface area (Å²) in [4.78, 5) is 41.7. The summed E-state index contributed by atoms with van der Waals surface area (Å²) in [5.41, 5.74) is -1.48. The van der Waals surface area contributed by atoms with Crippen LogP contribution in [0.1, 0.15) is 75.4 Å². The second-order valence-electron chi connectivity index (χ2n) is 9.07. The zero-order chi connectivity index (χ0) is 27.0. The minimum Gasteiger partial charge on any atom is -0.510 e. The molecule has 36 heavy (non-hydrogen) atoms. The number of allylic oxidation sites excluding steroid dienone is 1. The van der Waals surface area contributed by atoms with E-state index in [9.17, 15) is 29.7 Å². The molecule has 2 aliphatic rings. The van der Waals surface area contributed by atoms with Gasteiger partial charge in [-0.2, -0.15) is 0 Å². The van der Waals surface area contributed by atoms with Crippen molar-refractivity contribution >= 4 is 23.2 Å². The predicted molar refractivity (Wildman–Crippen MR) is 130 cm³/mol. The lowest BCUT2D eigenvalue weighted by Gasteiger charge is -2.44. The fourth-order valence-corrected chi connectivity index (χ4v) is 4.98. The lowest BCUT2D eigenvalue weighted by molar-refractivity contribution is -0.211. The van der Waals surface area contributed by atoms with Crippen LogP contribution < -0.4 is 4.74 Å². The van der Waals surface area contributed by atoms with Crippen LogP contribution in [-0.2, 0) is 24.5 Å². The maximum atomic E-state index is 13.3. The fraction of sp³-hybridized carbons (Fsp3) is 0.538. The van der Waals surface area contributed by atoms with Crippen molar-refractivity contribution in [3.8, 4) is 17.2 Å². The number of carbonyl (C=O) groups excluding carboxylic acids is 3. The Morgan fingerprint density at radius 1 is 1.11 bits per heavy atom. The summed E-state index contributed by atoms with van der Waals surface area (Å²) in [6.45, 7) is 9.83. The van der Waals surface area contributed by atoms with Crippen LogP contribution in [0.15, 0.2) is 16.3 Å². The molecule has 0 fully saturated rings. The van der Waals surface area contributed by atoms with Crippen molar-refractivity contribution < 1.29 is 43.9 Å². The monoisotopic (exact) mass is 503 g/mol. The molecule has 1 aromatic rings. The standard InChI is InChI=1S/C26H33NO9/c1-7-34-17(30)10-9-11-27-14(4)18-16(29)12-26(35-8-2)25(6,24(18)33)20-22(32)13(3)21(31)19(15(5)28)23(20)36-26/h31-33H,7-12H2,1-6H3/t25-,26+/m0/s1. The van der Waals surface area contributed by atoms with Gasteiger partial charge in [-0.3, -0.25) is 19.4 Å². The Balaban J connectivity index is 2.17. The highest BCUT2D eigenvalue weighted by Gasteiger charge is 2.67. The Hall–Kier alpha value is -3.40. The molecule has 3 N–H and O–H groups in total. The van der Waals surface area contributed by atoms with Gasteiger partial charge in [0.05, 0.1) is 24.2 Å². The van der Waals surface area contributed by atoms with Crippen LogP contribution in [0.25, 0.3) is 0 Å². The van der Waals surface area contributed by atoms with Gasteiger partial charge in [0, 0.05) is 30.8 Å². The average molecular weight is 504 g/mol. The molecular formula is C26H33NO9. The number of ketones is 2. The molecule has 1 heterocycles. The molecule has 1 aliphatic heterocycles. The molecule has 2 atom stereocenters. The molecule has 196 valence electrons. The smallest absolute Gasteiger partial charge is 0.305 e.